The third-order valence-electron chi connectivity index (χ3n) is 4.45. The van der Waals surface area contributed by atoms with Crippen LogP contribution >= 0.6 is 0 Å². The number of hydrogen-bond donors (Lipinski definition) is 2. The van der Waals surface area contributed by atoms with Crippen molar-refractivity contribution in [3.63, 3.8) is 0 Å². The lowest BCUT2D eigenvalue weighted by Gasteiger charge is -2.17. The first-order valence-corrected chi connectivity index (χ1v) is 9.32. The maximum absolute atomic E-state index is 12.8. The third-order valence-corrected chi connectivity index (χ3v) is 4.45. The van der Waals surface area contributed by atoms with Gasteiger partial charge in [0.25, 0.3) is 11.8 Å². The average Bonchev–Trinajstić information content (AvgIpc) is 3.19. The number of nitrogens with zero attached hydrogens (tertiary/aromatic N) is 1. The van der Waals surface area contributed by atoms with Crippen molar-refractivity contribution in [2.45, 2.75) is 52.6 Å². The molecule has 2 heterocycles. The fourth-order valence-corrected chi connectivity index (χ4v) is 2.54. The van der Waals surface area contributed by atoms with Crippen LogP contribution in [0.4, 0.5) is 0 Å². The lowest BCUT2D eigenvalue weighted by molar-refractivity contribution is 0.0945. The van der Waals surface area contributed by atoms with Gasteiger partial charge in [-0.1, -0.05) is 20.3 Å². The Morgan fingerprint density at radius 1 is 1.15 bits per heavy atom. The highest BCUT2D eigenvalue weighted by Gasteiger charge is 2.20. The Labute approximate surface area is 158 Å². The summed E-state index contributed by atoms with van der Waals surface area (Å²) in [5.74, 6) is -0.401. The quantitative estimate of drug-likeness (QED) is 0.661. The van der Waals surface area contributed by atoms with E-state index in [2.05, 4.69) is 10.6 Å². The molecule has 0 aliphatic carbocycles. The van der Waals surface area contributed by atoms with E-state index in [9.17, 15) is 14.4 Å². The molecule has 27 heavy (non-hydrogen) atoms. The summed E-state index contributed by atoms with van der Waals surface area (Å²) in [6.45, 7) is 6.65. The number of furan rings is 1. The van der Waals surface area contributed by atoms with E-state index in [0.29, 0.717) is 12.3 Å². The van der Waals surface area contributed by atoms with Gasteiger partial charge in [0.15, 0.2) is 0 Å². The normalized spacial score (nSPS) is 11.8. The molecule has 0 fully saturated rings. The third kappa shape index (κ3) is 5.32. The Morgan fingerprint density at radius 3 is 2.37 bits per heavy atom. The monoisotopic (exact) mass is 373 g/mol. The highest BCUT2D eigenvalue weighted by Crippen LogP contribution is 2.12. The maximum Gasteiger partial charge on any atom is 0.257 e. The van der Waals surface area contributed by atoms with Crippen molar-refractivity contribution in [2.24, 2.45) is 0 Å². The molecule has 0 radical (unpaired) electrons. The highest BCUT2D eigenvalue weighted by atomic mass is 16.3. The Balaban J connectivity index is 2.31. The Hall–Kier alpha value is -2.83. The summed E-state index contributed by atoms with van der Waals surface area (Å²) in [5.41, 5.74) is -0.637. The number of nitrogens with one attached hydrogen (secondary N) is 2. The van der Waals surface area contributed by atoms with Crippen LogP contribution in [0.3, 0.4) is 0 Å². The zero-order valence-electron chi connectivity index (χ0n) is 16.1. The molecule has 0 aliphatic rings. The van der Waals surface area contributed by atoms with E-state index in [1.807, 2.05) is 20.8 Å². The summed E-state index contributed by atoms with van der Waals surface area (Å²) >= 11 is 0. The molecular weight excluding hydrogens is 346 g/mol. The van der Waals surface area contributed by atoms with Crippen molar-refractivity contribution < 1.29 is 14.0 Å². The number of aromatic nitrogens is 1. The van der Waals surface area contributed by atoms with Gasteiger partial charge in [-0.3, -0.25) is 14.4 Å². The van der Waals surface area contributed by atoms with Crippen molar-refractivity contribution in [3.05, 3.63) is 57.9 Å². The Kier molecular flexibility index (Phi) is 7.40. The van der Waals surface area contributed by atoms with E-state index in [1.165, 1.54) is 18.7 Å². The van der Waals surface area contributed by atoms with Gasteiger partial charge in [-0.05, 0) is 31.9 Å². The first-order valence-electron chi connectivity index (χ1n) is 9.32. The minimum Gasteiger partial charge on any atom is -0.467 e. The van der Waals surface area contributed by atoms with Crippen LogP contribution in [0.2, 0.25) is 0 Å². The van der Waals surface area contributed by atoms with Crippen molar-refractivity contribution in [1.82, 2.24) is 15.2 Å². The number of pyridine rings is 1. The van der Waals surface area contributed by atoms with Gasteiger partial charge in [0.1, 0.15) is 16.9 Å². The lowest BCUT2D eigenvalue weighted by atomic mass is 10.1. The van der Waals surface area contributed by atoms with Crippen LogP contribution in [-0.2, 0) is 6.54 Å². The molecule has 0 aliphatic heterocycles. The number of unbranched alkanes of at least 4 members (excludes halogenated alkanes) is 1. The topological polar surface area (TPSA) is 93.3 Å². The molecule has 0 spiro atoms. The van der Waals surface area contributed by atoms with Crippen LogP contribution in [0.5, 0.6) is 0 Å². The summed E-state index contributed by atoms with van der Waals surface area (Å²) in [6.07, 6.45) is 7.12. The molecule has 0 saturated carbocycles. The van der Waals surface area contributed by atoms with Crippen LogP contribution in [0.25, 0.3) is 0 Å². The van der Waals surface area contributed by atoms with Crippen LogP contribution in [0, 0.1) is 0 Å². The lowest BCUT2D eigenvalue weighted by Crippen LogP contribution is -2.35. The van der Waals surface area contributed by atoms with Crippen LogP contribution in [0.1, 0.15) is 72.6 Å². The Morgan fingerprint density at radius 2 is 1.81 bits per heavy atom. The number of amides is 2. The fourth-order valence-electron chi connectivity index (χ4n) is 2.54. The van der Waals surface area contributed by atoms with E-state index in [-0.39, 0.29) is 23.7 Å². The van der Waals surface area contributed by atoms with Crippen LogP contribution in [-0.4, -0.2) is 22.9 Å². The second-order valence-corrected chi connectivity index (χ2v) is 6.49. The molecule has 2 aromatic rings. The summed E-state index contributed by atoms with van der Waals surface area (Å²) < 4.78 is 6.93. The molecular formula is C20H27N3O4. The van der Waals surface area contributed by atoms with Crippen LogP contribution in [0.15, 0.2) is 40.0 Å². The van der Waals surface area contributed by atoms with Crippen molar-refractivity contribution >= 4 is 11.8 Å². The molecule has 7 nitrogen and oxygen atoms in total. The molecule has 1 unspecified atom stereocenters. The molecule has 0 bridgehead atoms. The summed E-state index contributed by atoms with van der Waals surface area (Å²) in [5, 5.41) is 5.41. The molecule has 2 rings (SSSR count). The van der Waals surface area contributed by atoms with Crippen LogP contribution < -0.4 is 16.1 Å². The first-order chi connectivity index (χ1) is 13.0. The minimum absolute atomic E-state index is 0.0166. The highest BCUT2D eigenvalue weighted by molar-refractivity contribution is 5.99. The molecule has 2 N–H and O–H groups in total. The second-order valence-electron chi connectivity index (χ2n) is 6.49. The number of carbonyl (C=O) groups is 2. The van der Waals surface area contributed by atoms with Gasteiger partial charge in [0, 0.05) is 25.0 Å². The molecule has 2 aromatic heterocycles. The molecule has 0 saturated heterocycles. The summed E-state index contributed by atoms with van der Waals surface area (Å²) in [6, 6.07) is 3.50. The summed E-state index contributed by atoms with van der Waals surface area (Å²) in [7, 11) is 0. The smallest absolute Gasteiger partial charge is 0.257 e. The fraction of sp³-hybridized carbons (Fsp3) is 0.450. The first kappa shape index (κ1) is 20.5. The molecule has 1 atom stereocenters. The molecule has 146 valence electrons. The Bertz CT molecular complexity index is 824. The molecule has 2 amide bonds. The largest absolute Gasteiger partial charge is 0.467 e. The number of carbonyl (C=O) groups excluding carboxylic acids is 2. The average molecular weight is 373 g/mol. The van der Waals surface area contributed by atoms with E-state index in [0.717, 1.165) is 19.3 Å². The van der Waals surface area contributed by atoms with E-state index < -0.39 is 17.2 Å². The standard InChI is InChI=1S/C20H27N3O4/c1-4-6-9-21-19(25)16-12-23(14(3)5-2)13-17(18(16)24)20(26)22-11-15-8-7-10-27-15/h7-8,10,12-14H,4-6,9,11H2,1-3H3,(H,21,25)(H,22,26). The predicted octanol–water partition coefficient (Wildman–Crippen LogP) is 2.87. The number of rotatable bonds is 9. The number of hydrogen-bond acceptors (Lipinski definition) is 4. The minimum atomic E-state index is -0.569. The van der Waals surface area contributed by atoms with Gasteiger partial charge in [0.2, 0.25) is 5.43 Å². The van der Waals surface area contributed by atoms with E-state index in [1.54, 1.807) is 16.7 Å². The van der Waals surface area contributed by atoms with Crippen molar-refractivity contribution in [1.29, 1.82) is 0 Å². The second kappa shape index (κ2) is 9.75. The SMILES string of the molecule is CCCCNC(=O)c1cn(C(C)CC)cc(C(=O)NCc2ccco2)c1=O. The molecule has 0 aromatic carbocycles. The van der Waals surface area contributed by atoms with Crippen molar-refractivity contribution in [3.8, 4) is 0 Å². The van der Waals surface area contributed by atoms with Gasteiger partial charge >= 0.3 is 0 Å². The van der Waals surface area contributed by atoms with Gasteiger partial charge in [-0.15, -0.1) is 0 Å². The maximum atomic E-state index is 12.8. The van der Waals surface area contributed by atoms with E-state index >= 15 is 0 Å². The van der Waals surface area contributed by atoms with Gasteiger partial charge in [0.05, 0.1) is 12.8 Å². The van der Waals surface area contributed by atoms with Gasteiger partial charge < -0.3 is 19.6 Å². The zero-order chi connectivity index (χ0) is 19.8. The zero-order valence-corrected chi connectivity index (χ0v) is 16.1. The molecule has 7 heteroatoms. The predicted molar refractivity (Wildman–Crippen MR) is 103 cm³/mol. The van der Waals surface area contributed by atoms with Crippen molar-refractivity contribution in [2.75, 3.05) is 6.54 Å². The van der Waals surface area contributed by atoms with E-state index in [4.69, 9.17) is 4.42 Å². The van der Waals surface area contributed by atoms with Gasteiger partial charge in [-0.25, -0.2) is 0 Å². The van der Waals surface area contributed by atoms with Gasteiger partial charge in [-0.2, -0.15) is 0 Å². The summed E-state index contributed by atoms with van der Waals surface area (Å²) in [4.78, 5) is 37.8.